The maximum atomic E-state index is 11.3. The van der Waals surface area contributed by atoms with Crippen molar-refractivity contribution >= 4 is 28.5 Å². The minimum absolute atomic E-state index is 0.0837. The van der Waals surface area contributed by atoms with Gasteiger partial charge in [-0.15, -0.1) is 10.2 Å². The molecule has 0 saturated heterocycles. The van der Waals surface area contributed by atoms with E-state index in [4.69, 9.17) is 9.47 Å². The van der Waals surface area contributed by atoms with Crippen LogP contribution in [0.5, 0.6) is 11.5 Å². The molecule has 1 aromatic heterocycles. The number of hydrogen-bond acceptors (Lipinski definition) is 7. The summed E-state index contributed by atoms with van der Waals surface area (Å²) in [4.78, 5) is 11.3. The smallest absolute Gasteiger partial charge is 0.161 e. The summed E-state index contributed by atoms with van der Waals surface area (Å²) in [5, 5.41) is 13.4. The second-order valence-corrected chi connectivity index (χ2v) is 8.26. The molecule has 0 bridgehead atoms. The molecular formula is C25H23N3O3S. The van der Waals surface area contributed by atoms with Gasteiger partial charge >= 0.3 is 0 Å². The van der Waals surface area contributed by atoms with Crippen molar-refractivity contribution in [2.24, 2.45) is 0 Å². The van der Waals surface area contributed by atoms with E-state index in [1.54, 1.807) is 21.1 Å². The average Bonchev–Trinajstić information content (AvgIpc) is 3.27. The van der Waals surface area contributed by atoms with Crippen molar-refractivity contribution in [2.75, 3.05) is 19.5 Å². The minimum atomic E-state index is 0.0837. The Bertz CT molecular complexity index is 1240. The molecule has 1 heterocycles. The average molecular weight is 446 g/mol. The second kappa shape index (κ2) is 9.62. The van der Waals surface area contributed by atoms with E-state index in [0.29, 0.717) is 17.9 Å². The number of nitrogens with one attached hydrogen (secondary N) is 1. The summed E-state index contributed by atoms with van der Waals surface area (Å²) in [6.45, 7) is 1.56. The van der Waals surface area contributed by atoms with Crippen LogP contribution in [0.4, 0.5) is 11.4 Å². The van der Waals surface area contributed by atoms with Gasteiger partial charge < -0.3 is 14.8 Å². The molecule has 0 aliphatic heterocycles. The molecule has 6 nitrogen and oxygen atoms in total. The first-order chi connectivity index (χ1) is 15.6. The summed E-state index contributed by atoms with van der Waals surface area (Å²) < 4.78 is 10.8. The molecule has 7 heteroatoms. The lowest BCUT2D eigenvalue weighted by Crippen LogP contribution is -1.95. The van der Waals surface area contributed by atoms with Crippen molar-refractivity contribution in [3.63, 3.8) is 0 Å². The number of rotatable bonds is 8. The third kappa shape index (κ3) is 4.78. The highest BCUT2D eigenvalue weighted by Crippen LogP contribution is 2.36. The number of aromatic nitrogens is 2. The molecule has 0 radical (unpaired) electrons. The Kier molecular flexibility index (Phi) is 6.47. The van der Waals surface area contributed by atoms with Crippen LogP contribution in [0.3, 0.4) is 0 Å². The van der Waals surface area contributed by atoms with E-state index in [0.717, 1.165) is 38.1 Å². The van der Waals surface area contributed by atoms with Gasteiger partial charge in [0.2, 0.25) is 0 Å². The van der Waals surface area contributed by atoms with E-state index in [9.17, 15) is 4.79 Å². The van der Waals surface area contributed by atoms with Crippen LogP contribution in [-0.2, 0) is 11.2 Å². The lowest BCUT2D eigenvalue weighted by molar-refractivity contribution is -0.116. The summed E-state index contributed by atoms with van der Waals surface area (Å²) in [5.41, 5.74) is 4.98. The van der Waals surface area contributed by atoms with Crippen LogP contribution in [0, 0.1) is 0 Å². The summed E-state index contributed by atoms with van der Waals surface area (Å²) >= 11 is 1.44. The van der Waals surface area contributed by atoms with Crippen LogP contribution < -0.4 is 14.8 Å². The minimum Gasteiger partial charge on any atom is -0.493 e. The fourth-order valence-electron chi connectivity index (χ4n) is 3.35. The molecule has 0 unspecified atom stereocenters. The molecule has 1 N–H and O–H groups in total. The molecule has 162 valence electrons. The first-order valence-electron chi connectivity index (χ1n) is 10.1. The van der Waals surface area contributed by atoms with Gasteiger partial charge in [0.05, 0.1) is 20.6 Å². The van der Waals surface area contributed by atoms with Gasteiger partial charge in [-0.05, 0) is 55.0 Å². The Balaban J connectivity index is 1.57. The molecule has 0 amide bonds. The van der Waals surface area contributed by atoms with Crippen LogP contribution in [-0.4, -0.2) is 30.2 Å². The quantitative estimate of drug-likeness (QED) is 0.371. The van der Waals surface area contributed by atoms with E-state index in [1.807, 2.05) is 60.7 Å². The second-order valence-electron chi connectivity index (χ2n) is 7.20. The molecule has 0 aliphatic rings. The van der Waals surface area contributed by atoms with Gasteiger partial charge in [-0.2, -0.15) is 0 Å². The van der Waals surface area contributed by atoms with Crippen molar-refractivity contribution in [1.29, 1.82) is 0 Å². The van der Waals surface area contributed by atoms with Crippen molar-refractivity contribution in [3.05, 3.63) is 71.7 Å². The molecule has 0 atom stereocenters. The number of Topliss-reactive ketones (excluding diaryl/α,β-unsaturated/α-hetero) is 1. The Morgan fingerprint density at radius 3 is 2.34 bits per heavy atom. The third-order valence-corrected chi connectivity index (χ3v) is 5.87. The lowest BCUT2D eigenvalue weighted by atomic mass is 10.0. The predicted octanol–water partition coefficient (Wildman–Crippen LogP) is 5.76. The van der Waals surface area contributed by atoms with E-state index in [-0.39, 0.29) is 5.78 Å². The number of hydrogen-bond donors (Lipinski definition) is 1. The molecule has 0 spiro atoms. The van der Waals surface area contributed by atoms with Gasteiger partial charge in [-0.25, -0.2) is 0 Å². The molecule has 32 heavy (non-hydrogen) atoms. The summed E-state index contributed by atoms with van der Waals surface area (Å²) in [6.07, 6.45) is 0.324. The highest BCUT2D eigenvalue weighted by Gasteiger charge is 2.11. The van der Waals surface area contributed by atoms with E-state index in [1.165, 1.54) is 11.3 Å². The Morgan fingerprint density at radius 1 is 0.906 bits per heavy atom. The standard InChI is InChI=1S/C25H23N3O3S/c1-16(29)14-24-27-28-25(32-24)17-8-11-19(12-9-17)26-21-7-5-4-6-20(21)18-10-13-22(30-2)23(15-18)31-3/h4-13,15,26H,14H2,1-3H3. The number of nitrogens with zero attached hydrogens (tertiary/aromatic N) is 2. The molecular weight excluding hydrogens is 422 g/mol. The van der Waals surface area contributed by atoms with Crippen LogP contribution in [0.2, 0.25) is 0 Å². The normalized spacial score (nSPS) is 10.6. The van der Waals surface area contributed by atoms with Crippen molar-refractivity contribution in [2.45, 2.75) is 13.3 Å². The topological polar surface area (TPSA) is 73.3 Å². The maximum Gasteiger partial charge on any atom is 0.161 e. The van der Waals surface area contributed by atoms with Crippen molar-refractivity contribution < 1.29 is 14.3 Å². The zero-order valence-electron chi connectivity index (χ0n) is 18.1. The number of ether oxygens (including phenoxy) is 2. The molecule has 0 aliphatic carbocycles. The fourth-order valence-corrected chi connectivity index (χ4v) is 4.27. The highest BCUT2D eigenvalue weighted by atomic mass is 32.1. The largest absolute Gasteiger partial charge is 0.493 e. The first kappa shape index (κ1) is 21.5. The number of anilines is 2. The number of ketones is 1. The van der Waals surface area contributed by atoms with Crippen LogP contribution in [0.25, 0.3) is 21.7 Å². The monoisotopic (exact) mass is 445 g/mol. The van der Waals surface area contributed by atoms with Gasteiger partial charge in [-0.3, -0.25) is 4.79 Å². The van der Waals surface area contributed by atoms with Crippen LogP contribution in [0.15, 0.2) is 66.7 Å². The fraction of sp³-hybridized carbons (Fsp3) is 0.160. The van der Waals surface area contributed by atoms with Crippen LogP contribution in [0.1, 0.15) is 11.9 Å². The Hall–Kier alpha value is -3.71. The zero-order valence-corrected chi connectivity index (χ0v) is 18.9. The summed E-state index contributed by atoms with van der Waals surface area (Å²) in [7, 11) is 3.26. The Labute approximate surface area is 190 Å². The molecule has 0 saturated carbocycles. The Morgan fingerprint density at radius 2 is 1.62 bits per heavy atom. The lowest BCUT2D eigenvalue weighted by Gasteiger charge is -2.14. The molecule has 4 rings (SSSR count). The zero-order chi connectivity index (χ0) is 22.5. The summed E-state index contributed by atoms with van der Waals surface area (Å²) in [6, 6.07) is 22.0. The molecule has 4 aromatic rings. The third-order valence-electron chi connectivity index (χ3n) is 4.90. The number of carbonyl (C=O) groups excluding carboxylic acids is 1. The van der Waals surface area contributed by atoms with Gasteiger partial charge in [0.25, 0.3) is 0 Å². The molecule has 3 aromatic carbocycles. The van der Waals surface area contributed by atoms with Gasteiger partial charge in [0.15, 0.2) is 11.5 Å². The number of para-hydroxylation sites is 1. The van der Waals surface area contributed by atoms with Gasteiger partial charge in [0.1, 0.15) is 15.8 Å². The van der Waals surface area contributed by atoms with E-state index >= 15 is 0 Å². The predicted molar refractivity (Wildman–Crippen MR) is 128 cm³/mol. The van der Waals surface area contributed by atoms with Crippen LogP contribution >= 0.6 is 11.3 Å². The first-order valence-corrected chi connectivity index (χ1v) is 10.9. The molecule has 0 fully saturated rings. The highest BCUT2D eigenvalue weighted by molar-refractivity contribution is 7.14. The van der Waals surface area contributed by atoms with Gasteiger partial charge in [-0.1, -0.05) is 35.6 Å². The number of methoxy groups -OCH3 is 2. The SMILES string of the molecule is COc1ccc(-c2ccccc2Nc2ccc(-c3nnc(CC(C)=O)s3)cc2)cc1OC. The summed E-state index contributed by atoms with van der Waals surface area (Å²) in [5.74, 6) is 1.46. The van der Waals surface area contributed by atoms with E-state index in [2.05, 4.69) is 21.6 Å². The number of carbonyl (C=O) groups is 1. The van der Waals surface area contributed by atoms with Gasteiger partial charge in [0, 0.05) is 22.5 Å². The number of benzene rings is 3. The van der Waals surface area contributed by atoms with Crippen molar-refractivity contribution in [1.82, 2.24) is 10.2 Å². The van der Waals surface area contributed by atoms with Crippen molar-refractivity contribution in [3.8, 4) is 33.2 Å². The van der Waals surface area contributed by atoms with E-state index < -0.39 is 0 Å². The maximum absolute atomic E-state index is 11.3.